The minimum atomic E-state index is 0.000352. The van der Waals surface area contributed by atoms with Crippen molar-refractivity contribution in [2.24, 2.45) is 0 Å². The molecule has 0 spiro atoms. The first-order chi connectivity index (χ1) is 11.6. The molecule has 1 aromatic rings. The van der Waals surface area contributed by atoms with E-state index < -0.39 is 0 Å². The van der Waals surface area contributed by atoms with Crippen LogP contribution >= 0.6 is 11.8 Å². The van der Waals surface area contributed by atoms with Crippen LogP contribution in [-0.4, -0.2) is 51.0 Å². The number of hydrogen-bond acceptors (Lipinski definition) is 5. The molecule has 1 atom stereocenters. The zero-order chi connectivity index (χ0) is 16.9. The van der Waals surface area contributed by atoms with Crippen molar-refractivity contribution in [1.82, 2.24) is 14.9 Å². The van der Waals surface area contributed by atoms with Crippen LogP contribution in [0.2, 0.25) is 0 Å². The molecular formula is C18H27N3O2S. The molecule has 2 fully saturated rings. The summed E-state index contributed by atoms with van der Waals surface area (Å²) < 4.78 is 5.95. The fraction of sp³-hybridized carbons (Fsp3) is 0.722. The molecule has 0 N–H and O–H groups in total. The third-order valence-corrected chi connectivity index (χ3v) is 6.07. The van der Waals surface area contributed by atoms with Crippen LogP contribution in [-0.2, 0) is 4.79 Å². The zero-order valence-corrected chi connectivity index (χ0v) is 15.5. The largest absolute Gasteiger partial charge is 0.458 e. The molecule has 1 amide bonds. The number of aryl methyl sites for hydroxylation is 2. The zero-order valence-electron chi connectivity index (χ0n) is 14.7. The molecule has 1 aromatic heterocycles. The summed E-state index contributed by atoms with van der Waals surface area (Å²) in [7, 11) is 0. The molecule has 3 rings (SSSR count). The Kier molecular flexibility index (Phi) is 5.98. The van der Waals surface area contributed by atoms with Crippen molar-refractivity contribution >= 4 is 17.7 Å². The number of aromatic nitrogens is 2. The maximum atomic E-state index is 12.5. The number of carbonyl (C=O) groups excluding carboxylic acids is 1. The lowest BCUT2D eigenvalue weighted by atomic mass is 10.1. The fourth-order valence-corrected chi connectivity index (χ4v) is 4.72. The van der Waals surface area contributed by atoms with E-state index in [9.17, 15) is 4.79 Å². The maximum absolute atomic E-state index is 12.5. The summed E-state index contributed by atoms with van der Waals surface area (Å²) >= 11 is 1.84. The smallest absolute Gasteiger partial charge is 0.317 e. The Hall–Kier alpha value is -1.30. The molecule has 2 heterocycles. The number of likely N-dealkylation sites (tertiary alicyclic amines) is 1. The first kappa shape index (κ1) is 17.5. The number of amides is 1. The summed E-state index contributed by atoms with van der Waals surface area (Å²) in [4.78, 5) is 23.1. The topological polar surface area (TPSA) is 55.3 Å². The van der Waals surface area contributed by atoms with E-state index in [4.69, 9.17) is 4.74 Å². The van der Waals surface area contributed by atoms with E-state index in [0.717, 1.165) is 30.8 Å². The van der Waals surface area contributed by atoms with E-state index in [1.807, 2.05) is 36.6 Å². The molecule has 6 heteroatoms. The molecule has 1 unspecified atom stereocenters. The molecule has 2 aliphatic rings. The Morgan fingerprint density at radius 1 is 1.21 bits per heavy atom. The molecule has 1 aliphatic carbocycles. The summed E-state index contributed by atoms with van der Waals surface area (Å²) in [5.41, 5.74) is 1.82. The standard InChI is InChI=1S/C18H27N3O2S/c1-13-10-14(2)20-18(19-13)23-15-6-5-9-21(11-15)17(22)12-24-16-7-3-4-8-16/h10,15-16H,3-9,11-12H2,1-2H3. The highest BCUT2D eigenvalue weighted by Gasteiger charge is 2.26. The predicted molar refractivity (Wildman–Crippen MR) is 96.5 cm³/mol. The van der Waals surface area contributed by atoms with Gasteiger partial charge in [0.15, 0.2) is 0 Å². The van der Waals surface area contributed by atoms with Gasteiger partial charge in [-0.2, -0.15) is 0 Å². The molecule has 1 saturated carbocycles. The Bertz CT molecular complexity index is 555. The third kappa shape index (κ3) is 4.85. The van der Waals surface area contributed by atoms with Gasteiger partial charge in [0.25, 0.3) is 0 Å². The molecule has 0 bridgehead atoms. The van der Waals surface area contributed by atoms with Crippen LogP contribution in [0.4, 0.5) is 0 Å². The number of piperidine rings is 1. The van der Waals surface area contributed by atoms with Crippen molar-refractivity contribution < 1.29 is 9.53 Å². The van der Waals surface area contributed by atoms with Crippen LogP contribution in [0.1, 0.15) is 49.9 Å². The van der Waals surface area contributed by atoms with E-state index in [1.54, 1.807) is 0 Å². The summed E-state index contributed by atoms with van der Waals surface area (Å²) in [6.45, 7) is 5.38. The van der Waals surface area contributed by atoms with Gasteiger partial charge in [0.1, 0.15) is 6.10 Å². The highest BCUT2D eigenvalue weighted by Crippen LogP contribution is 2.29. The monoisotopic (exact) mass is 349 g/mol. The Morgan fingerprint density at radius 3 is 2.62 bits per heavy atom. The molecule has 1 saturated heterocycles. The van der Waals surface area contributed by atoms with Gasteiger partial charge in [-0.3, -0.25) is 4.79 Å². The van der Waals surface area contributed by atoms with E-state index in [-0.39, 0.29) is 12.0 Å². The minimum Gasteiger partial charge on any atom is -0.458 e. The van der Waals surface area contributed by atoms with Gasteiger partial charge in [-0.1, -0.05) is 12.8 Å². The number of thioether (sulfide) groups is 1. The van der Waals surface area contributed by atoms with Crippen molar-refractivity contribution in [3.05, 3.63) is 17.5 Å². The summed E-state index contributed by atoms with van der Waals surface area (Å²) in [6.07, 6.45) is 7.12. The van der Waals surface area contributed by atoms with Crippen LogP contribution in [0.25, 0.3) is 0 Å². The number of rotatable bonds is 5. The Morgan fingerprint density at radius 2 is 1.92 bits per heavy atom. The van der Waals surface area contributed by atoms with Crippen molar-refractivity contribution in [3.63, 3.8) is 0 Å². The van der Waals surface area contributed by atoms with Crippen LogP contribution in [0, 0.1) is 13.8 Å². The SMILES string of the molecule is Cc1cc(C)nc(OC2CCCN(C(=O)CSC3CCCC3)C2)n1. The molecule has 1 aliphatic heterocycles. The molecule has 0 aromatic carbocycles. The number of ether oxygens (including phenoxy) is 1. The predicted octanol–water partition coefficient (Wildman–Crippen LogP) is 3.14. The second-order valence-corrected chi connectivity index (χ2v) is 8.16. The van der Waals surface area contributed by atoms with Gasteiger partial charge in [0.05, 0.1) is 12.3 Å². The first-order valence-electron chi connectivity index (χ1n) is 8.98. The maximum Gasteiger partial charge on any atom is 0.317 e. The van der Waals surface area contributed by atoms with E-state index in [0.29, 0.717) is 23.6 Å². The lowest BCUT2D eigenvalue weighted by Gasteiger charge is -2.32. The quantitative estimate of drug-likeness (QED) is 0.817. The number of nitrogens with zero attached hydrogens (tertiary/aromatic N) is 3. The normalized spacial score (nSPS) is 21.9. The van der Waals surface area contributed by atoms with Gasteiger partial charge < -0.3 is 9.64 Å². The molecule has 0 radical (unpaired) electrons. The molecule has 24 heavy (non-hydrogen) atoms. The summed E-state index contributed by atoms with van der Waals surface area (Å²) in [5, 5.41) is 0.689. The van der Waals surface area contributed by atoms with Crippen LogP contribution in [0.5, 0.6) is 6.01 Å². The third-order valence-electron chi connectivity index (χ3n) is 4.71. The van der Waals surface area contributed by atoms with Gasteiger partial charge in [-0.25, -0.2) is 9.97 Å². The Balaban J connectivity index is 1.50. The number of hydrogen-bond donors (Lipinski definition) is 0. The van der Waals surface area contributed by atoms with Gasteiger partial charge in [-0.15, -0.1) is 11.8 Å². The number of carbonyl (C=O) groups is 1. The van der Waals surface area contributed by atoms with E-state index >= 15 is 0 Å². The van der Waals surface area contributed by atoms with Crippen molar-refractivity contribution in [2.75, 3.05) is 18.8 Å². The fourth-order valence-electron chi connectivity index (χ4n) is 3.49. The van der Waals surface area contributed by atoms with E-state index in [1.165, 1.54) is 25.7 Å². The summed E-state index contributed by atoms with van der Waals surface area (Å²) in [5.74, 6) is 0.860. The van der Waals surface area contributed by atoms with Crippen LogP contribution < -0.4 is 4.74 Å². The summed E-state index contributed by atoms with van der Waals surface area (Å²) in [6, 6.07) is 2.37. The van der Waals surface area contributed by atoms with E-state index in [2.05, 4.69) is 9.97 Å². The molecule has 132 valence electrons. The van der Waals surface area contributed by atoms with Gasteiger partial charge in [0.2, 0.25) is 5.91 Å². The second kappa shape index (κ2) is 8.19. The average Bonchev–Trinajstić information content (AvgIpc) is 3.05. The highest BCUT2D eigenvalue weighted by atomic mass is 32.2. The highest BCUT2D eigenvalue weighted by molar-refractivity contribution is 8.00. The van der Waals surface area contributed by atoms with Gasteiger partial charge in [-0.05, 0) is 45.6 Å². The average molecular weight is 350 g/mol. The van der Waals surface area contributed by atoms with Gasteiger partial charge in [0, 0.05) is 23.2 Å². The van der Waals surface area contributed by atoms with Crippen molar-refractivity contribution in [2.45, 2.75) is 63.7 Å². The van der Waals surface area contributed by atoms with Gasteiger partial charge >= 0.3 is 6.01 Å². The lowest BCUT2D eigenvalue weighted by Crippen LogP contribution is -2.45. The first-order valence-corrected chi connectivity index (χ1v) is 10.0. The second-order valence-electron chi connectivity index (χ2n) is 6.87. The van der Waals surface area contributed by atoms with Crippen LogP contribution in [0.3, 0.4) is 0 Å². The molecule has 5 nitrogen and oxygen atoms in total. The van der Waals surface area contributed by atoms with Crippen molar-refractivity contribution in [1.29, 1.82) is 0 Å². The van der Waals surface area contributed by atoms with Crippen molar-refractivity contribution in [3.8, 4) is 6.01 Å². The minimum absolute atomic E-state index is 0.000352. The Labute approximate surface area is 148 Å². The van der Waals surface area contributed by atoms with Crippen LogP contribution in [0.15, 0.2) is 6.07 Å². The lowest BCUT2D eigenvalue weighted by molar-refractivity contribution is -0.131. The molecular weight excluding hydrogens is 322 g/mol.